The number of carbonyl (C=O) groups excluding carboxylic acids is 2. The molecule has 0 saturated heterocycles. The van der Waals surface area contributed by atoms with Crippen LogP contribution in [-0.4, -0.2) is 62.5 Å². The first kappa shape index (κ1) is 38.8. The first-order valence-electron chi connectivity index (χ1n) is 20.7. The Labute approximate surface area is 344 Å². The first-order chi connectivity index (χ1) is 27.6. The molecule has 0 spiro atoms. The second kappa shape index (κ2) is 14.0. The highest BCUT2D eigenvalue weighted by Gasteiger charge is 2.66. The average Bonchev–Trinajstić information content (AvgIpc) is 3.72. The topological polar surface area (TPSA) is 137 Å². The summed E-state index contributed by atoms with van der Waals surface area (Å²) in [7, 11) is 0. The van der Waals surface area contributed by atoms with Crippen LogP contribution in [0.25, 0.3) is 21.3 Å². The number of carbonyl (C=O) groups is 2. The summed E-state index contributed by atoms with van der Waals surface area (Å²) >= 11 is 1.46. The van der Waals surface area contributed by atoms with Gasteiger partial charge in [0.1, 0.15) is 11.4 Å². The van der Waals surface area contributed by atoms with Gasteiger partial charge in [0, 0.05) is 48.6 Å². The Morgan fingerprint density at radius 2 is 1.71 bits per heavy atom. The van der Waals surface area contributed by atoms with Crippen LogP contribution in [0.15, 0.2) is 60.8 Å². The number of thiazole rings is 1. The molecule has 0 radical (unpaired) electrons. The van der Waals surface area contributed by atoms with Crippen molar-refractivity contribution in [2.24, 2.45) is 22.0 Å². The maximum Gasteiger partial charge on any atom is 0.358 e. The zero-order chi connectivity index (χ0) is 40.7. The molecule has 3 aromatic heterocycles. The highest BCUT2D eigenvalue weighted by molar-refractivity contribution is 7.22. The standard InChI is InChI=1S/C46H55N7O4S/c1-29-33(20-48-53(29)28-45-23-43(5)22-44(6,24-45)26-46(25-43,27-45)56-19-17-47)31-14-15-37(50-38(31)40(55)57-42(2,3)4)52-18-16-30-10-9-11-32(34(30)21-52)39(54)51-41-49-35-12-7-8-13-36(35)58-41/h7-15,20H,16-19,21-28,47H2,1-6H3,(H,49,51,54). The van der Waals surface area contributed by atoms with E-state index in [0.717, 1.165) is 77.7 Å². The number of nitrogens with two attached hydrogens (primary N) is 1. The van der Waals surface area contributed by atoms with E-state index >= 15 is 0 Å². The van der Waals surface area contributed by atoms with Crippen LogP contribution >= 0.6 is 11.3 Å². The van der Waals surface area contributed by atoms with Crippen LogP contribution in [0.2, 0.25) is 0 Å². The van der Waals surface area contributed by atoms with E-state index in [4.69, 9.17) is 25.3 Å². The molecule has 4 aliphatic carbocycles. The average molecular weight is 802 g/mol. The van der Waals surface area contributed by atoms with E-state index in [1.54, 1.807) is 0 Å². The van der Waals surface area contributed by atoms with Gasteiger partial charge < -0.3 is 20.1 Å². The van der Waals surface area contributed by atoms with Gasteiger partial charge in [-0.05, 0) is 130 Å². The third-order valence-corrected chi connectivity index (χ3v) is 13.8. The van der Waals surface area contributed by atoms with Gasteiger partial charge in [-0.1, -0.05) is 49.4 Å². The second-order valence-electron chi connectivity index (χ2n) is 19.4. The summed E-state index contributed by atoms with van der Waals surface area (Å²) in [6.45, 7) is 15.7. The summed E-state index contributed by atoms with van der Waals surface area (Å²) < 4.78 is 15.8. The van der Waals surface area contributed by atoms with Crippen LogP contribution in [0.5, 0.6) is 0 Å². The van der Waals surface area contributed by atoms with Crippen LogP contribution in [0.1, 0.15) is 111 Å². The van der Waals surface area contributed by atoms with E-state index in [0.29, 0.717) is 48.3 Å². The molecule has 1 aliphatic heterocycles. The fourth-order valence-electron chi connectivity index (χ4n) is 12.0. The second-order valence-corrected chi connectivity index (χ2v) is 20.5. The van der Waals surface area contributed by atoms with Gasteiger partial charge in [0.15, 0.2) is 10.8 Å². The van der Waals surface area contributed by atoms with Crippen LogP contribution in [0.4, 0.5) is 10.9 Å². The number of anilines is 2. The minimum absolute atomic E-state index is 0.0612. The number of aromatic nitrogens is 4. The molecule has 2 unspecified atom stereocenters. The van der Waals surface area contributed by atoms with E-state index in [1.165, 1.54) is 17.8 Å². The molecule has 5 aliphatic rings. The van der Waals surface area contributed by atoms with E-state index in [-0.39, 0.29) is 33.4 Å². The molecule has 58 heavy (non-hydrogen) atoms. The Morgan fingerprint density at radius 3 is 2.45 bits per heavy atom. The number of nitrogens with one attached hydrogen (secondary N) is 1. The highest BCUT2D eigenvalue weighted by atomic mass is 32.1. The molecule has 4 fully saturated rings. The lowest BCUT2D eigenvalue weighted by Gasteiger charge is -2.69. The van der Waals surface area contributed by atoms with Crippen molar-refractivity contribution < 1.29 is 19.1 Å². The highest BCUT2D eigenvalue weighted by Crippen LogP contribution is 2.72. The fourth-order valence-corrected chi connectivity index (χ4v) is 12.9. The number of fused-ring (bicyclic) bond motifs is 2. The van der Waals surface area contributed by atoms with Crippen molar-refractivity contribution in [1.82, 2.24) is 19.7 Å². The van der Waals surface area contributed by atoms with E-state index in [2.05, 4.69) is 46.7 Å². The maximum atomic E-state index is 14.1. The zero-order valence-electron chi connectivity index (χ0n) is 34.6. The number of pyridine rings is 1. The van der Waals surface area contributed by atoms with Gasteiger partial charge in [-0.3, -0.25) is 14.8 Å². The Balaban J connectivity index is 1.01. The third kappa shape index (κ3) is 7.21. The normalized spacial score (nSPS) is 26.2. The summed E-state index contributed by atoms with van der Waals surface area (Å²) in [6.07, 6.45) is 9.37. The summed E-state index contributed by atoms with van der Waals surface area (Å²) in [5.74, 6) is -0.0248. The molecular formula is C46H55N7O4S. The van der Waals surface area contributed by atoms with Crippen molar-refractivity contribution in [3.05, 3.63) is 88.9 Å². The van der Waals surface area contributed by atoms with E-state index < -0.39 is 11.6 Å². The zero-order valence-corrected chi connectivity index (χ0v) is 35.4. The number of para-hydroxylation sites is 1. The number of ether oxygens (including phenoxy) is 2. The van der Waals surface area contributed by atoms with Crippen molar-refractivity contribution >= 4 is 44.4 Å². The number of rotatable bonds is 10. The fraction of sp³-hybridized carbons (Fsp3) is 0.500. The molecule has 10 rings (SSSR count). The van der Waals surface area contributed by atoms with Crippen LogP contribution < -0.4 is 16.0 Å². The third-order valence-electron chi connectivity index (χ3n) is 12.9. The lowest BCUT2D eigenvalue weighted by molar-refractivity contribution is -0.247. The molecule has 304 valence electrons. The molecule has 11 nitrogen and oxygen atoms in total. The first-order valence-corrected chi connectivity index (χ1v) is 21.5. The van der Waals surface area contributed by atoms with Gasteiger partial charge in [0.2, 0.25) is 0 Å². The lowest BCUT2D eigenvalue weighted by Crippen LogP contribution is -2.64. The number of amides is 1. The minimum Gasteiger partial charge on any atom is -0.455 e. The van der Waals surface area contributed by atoms with Crippen molar-refractivity contribution in [3.63, 3.8) is 0 Å². The van der Waals surface area contributed by atoms with Gasteiger partial charge in [-0.2, -0.15) is 5.10 Å². The summed E-state index contributed by atoms with van der Waals surface area (Å²) in [4.78, 5) is 39.6. The van der Waals surface area contributed by atoms with E-state index in [1.807, 2.05) is 75.5 Å². The van der Waals surface area contributed by atoms with E-state index in [9.17, 15) is 9.59 Å². The largest absolute Gasteiger partial charge is 0.455 e. The molecular weight excluding hydrogens is 747 g/mol. The predicted molar refractivity (Wildman–Crippen MR) is 228 cm³/mol. The van der Waals surface area contributed by atoms with Gasteiger partial charge in [0.05, 0.1) is 28.6 Å². The molecule has 4 saturated carbocycles. The Hall–Kier alpha value is -4.65. The van der Waals surface area contributed by atoms with Gasteiger partial charge in [0.25, 0.3) is 5.91 Å². The SMILES string of the molecule is Cc1c(-c2ccc(N3CCc4cccc(C(=O)Nc5nc6ccccc6s5)c4C3)nc2C(=O)OC(C)(C)C)cnn1CC12CC3(C)CC(C)(C1)CC(OCCN)(C3)C2. The van der Waals surface area contributed by atoms with Gasteiger partial charge in [-0.25, -0.2) is 14.8 Å². The van der Waals surface area contributed by atoms with Crippen molar-refractivity contribution in [1.29, 1.82) is 0 Å². The number of hydrogen-bond donors (Lipinski definition) is 2. The van der Waals surface area contributed by atoms with Crippen molar-refractivity contribution in [2.75, 3.05) is 29.9 Å². The number of benzene rings is 2. The van der Waals surface area contributed by atoms with Crippen molar-refractivity contribution in [3.8, 4) is 11.1 Å². The quantitative estimate of drug-likeness (QED) is 0.133. The van der Waals surface area contributed by atoms with Gasteiger partial charge >= 0.3 is 5.97 Å². The van der Waals surface area contributed by atoms with Crippen LogP contribution in [0.3, 0.4) is 0 Å². The summed E-state index contributed by atoms with van der Waals surface area (Å²) in [6, 6.07) is 17.7. The molecule has 4 heterocycles. The summed E-state index contributed by atoms with van der Waals surface area (Å²) in [5, 5.41) is 8.61. The molecule has 1 amide bonds. The van der Waals surface area contributed by atoms with Crippen LogP contribution in [-0.2, 0) is 29.0 Å². The molecule has 4 bridgehead atoms. The monoisotopic (exact) mass is 801 g/mol. The number of nitrogens with zero attached hydrogens (tertiary/aromatic N) is 5. The smallest absolute Gasteiger partial charge is 0.358 e. The minimum atomic E-state index is -0.715. The Morgan fingerprint density at radius 1 is 0.931 bits per heavy atom. The molecule has 2 aromatic carbocycles. The summed E-state index contributed by atoms with van der Waals surface area (Å²) in [5.41, 5.74) is 12.0. The molecule has 2 atom stereocenters. The molecule has 5 aromatic rings. The predicted octanol–water partition coefficient (Wildman–Crippen LogP) is 8.73. The molecule has 3 N–H and O–H groups in total. The van der Waals surface area contributed by atoms with Crippen molar-refractivity contribution in [2.45, 2.75) is 111 Å². The Kier molecular flexibility index (Phi) is 9.37. The number of esters is 1. The Bertz CT molecular complexity index is 2380. The lowest BCUT2D eigenvalue weighted by atomic mass is 9.39. The number of hydrogen-bond acceptors (Lipinski definition) is 10. The maximum absolute atomic E-state index is 14.1. The van der Waals surface area contributed by atoms with Crippen LogP contribution in [0, 0.1) is 23.2 Å². The van der Waals surface area contributed by atoms with Gasteiger partial charge in [-0.15, -0.1) is 0 Å². The molecule has 12 heteroatoms.